The number of amides is 1. The number of carbonyl (C=O) groups excluding carboxylic acids is 1. The lowest BCUT2D eigenvalue weighted by Crippen LogP contribution is -2.30. The molecule has 8 nitrogen and oxygen atoms in total. The molecule has 0 unspecified atom stereocenters. The van der Waals surface area contributed by atoms with E-state index in [4.69, 9.17) is 26.6 Å². The largest absolute Gasteiger partial charge is 0.449 e. The molecule has 0 bridgehead atoms. The van der Waals surface area contributed by atoms with E-state index in [1.54, 1.807) is 26.0 Å². The second-order valence-corrected chi connectivity index (χ2v) is 8.60. The second-order valence-electron chi connectivity index (χ2n) is 7.35. The molecule has 2 aromatic heterocycles. The van der Waals surface area contributed by atoms with E-state index in [0.717, 1.165) is 3.57 Å². The molecule has 2 radical (unpaired) electrons. The number of benzene rings is 1. The molecule has 160 valence electrons. The van der Waals surface area contributed by atoms with Crippen LogP contribution in [0.15, 0.2) is 35.0 Å². The smallest absolute Gasteiger partial charge is 0.312 e. The number of pyridine rings is 1. The van der Waals surface area contributed by atoms with Crippen LogP contribution < -0.4 is 16.3 Å². The summed E-state index contributed by atoms with van der Waals surface area (Å²) in [4.78, 5) is 22.1. The van der Waals surface area contributed by atoms with Crippen molar-refractivity contribution in [3.8, 4) is 0 Å². The number of anilines is 2. The van der Waals surface area contributed by atoms with Crippen LogP contribution >= 0.6 is 22.6 Å². The number of ether oxygens (including phenoxy) is 2. The molecule has 0 aliphatic carbocycles. The van der Waals surface area contributed by atoms with E-state index in [2.05, 4.69) is 15.8 Å². The maximum absolute atomic E-state index is 14.4. The summed E-state index contributed by atoms with van der Waals surface area (Å²) in [6, 6.07) is 4.66. The molecule has 0 saturated carbocycles. The lowest BCUT2D eigenvalue weighted by Gasteiger charge is -2.16. The fourth-order valence-corrected chi connectivity index (χ4v) is 3.59. The van der Waals surface area contributed by atoms with Crippen LogP contribution in [0.25, 0.3) is 11.0 Å². The van der Waals surface area contributed by atoms with Gasteiger partial charge in [-0.25, -0.2) is 9.87 Å². The van der Waals surface area contributed by atoms with Crippen LogP contribution in [0.5, 0.6) is 0 Å². The number of hydrogen-bond donors (Lipinski definition) is 2. The molecule has 2 N–H and O–H groups in total. The van der Waals surface area contributed by atoms with Gasteiger partial charge in [-0.1, -0.05) is 0 Å². The Kier molecular flexibility index (Phi) is 6.19. The molecule has 1 amide bonds. The van der Waals surface area contributed by atoms with Gasteiger partial charge >= 0.3 is 5.91 Å². The molecule has 1 aliphatic heterocycles. The van der Waals surface area contributed by atoms with Gasteiger partial charge < -0.3 is 19.2 Å². The first-order valence-corrected chi connectivity index (χ1v) is 10.4. The van der Waals surface area contributed by atoms with Crippen molar-refractivity contribution < 1.29 is 27.9 Å². The predicted molar refractivity (Wildman–Crippen MR) is 120 cm³/mol. The number of fused-ring (bicyclic) bond motifs is 1. The first-order chi connectivity index (χ1) is 14.7. The number of furan rings is 1. The Morgan fingerprint density at radius 1 is 1.42 bits per heavy atom. The minimum absolute atomic E-state index is 0.0770. The molecule has 1 aliphatic rings. The molecular formula is C20H18BFIN3O5. The lowest BCUT2D eigenvalue weighted by molar-refractivity contribution is -0.147. The highest BCUT2D eigenvalue weighted by molar-refractivity contribution is 14.1. The Hall–Kier alpha value is -2.22. The Bertz CT molecular complexity index is 1140. The molecule has 3 heterocycles. The monoisotopic (exact) mass is 537 g/mol. The molecule has 31 heavy (non-hydrogen) atoms. The number of carbonyl (C=O) groups is 1. The maximum atomic E-state index is 14.4. The molecule has 0 spiro atoms. The average Bonchev–Trinajstić information content (AvgIpc) is 3.25. The Balaban J connectivity index is 1.57. The minimum atomic E-state index is -0.698. The summed E-state index contributed by atoms with van der Waals surface area (Å²) < 4.78 is 31.9. The summed E-state index contributed by atoms with van der Waals surface area (Å²) in [6.07, 6.45) is 2.55. The molecule has 4 rings (SSSR count). The van der Waals surface area contributed by atoms with Crippen molar-refractivity contribution in [1.29, 1.82) is 0 Å². The molecular weight excluding hydrogens is 519 g/mol. The Labute approximate surface area is 192 Å². The Morgan fingerprint density at radius 2 is 2.23 bits per heavy atom. The highest BCUT2D eigenvalue weighted by Crippen LogP contribution is 2.33. The number of aromatic nitrogens is 1. The molecule has 3 aromatic rings. The zero-order valence-corrected chi connectivity index (χ0v) is 18.9. The summed E-state index contributed by atoms with van der Waals surface area (Å²) in [5, 5.41) is 3.34. The van der Waals surface area contributed by atoms with Crippen LogP contribution in [0.3, 0.4) is 0 Å². The van der Waals surface area contributed by atoms with Gasteiger partial charge in [0.25, 0.3) is 0 Å². The van der Waals surface area contributed by atoms with Gasteiger partial charge in [0.1, 0.15) is 37.6 Å². The quantitative estimate of drug-likeness (QED) is 0.284. The third kappa shape index (κ3) is 4.84. The summed E-state index contributed by atoms with van der Waals surface area (Å²) in [5.41, 5.74) is 3.20. The summed E-state index contributed by atoms with van der Waals surface area (Å²) in [5.74, 6) is -1.99. The van der Waals surface area contributed by atoms with Gasteiger partial charge in [0.05, 0.1) is 17.7 Å². The van der Waals surface area contributed by atoms with Crippen molar-refractivity contribution in [3.63, 3.8) is 0 Å². The molecule has 1 aromatic carbocycles. The molecule has 1 saturated heterocycles. The van der Waals surface area contributed by atoms with Crippen molar-refractivity contribution in [3.05, 3.63) is 45.7 Å². The van der Waals surface area contributed by atoms with Crippen LogP contribution in [0, 0.1) is 9.39 Å². The van der Waals surface area contributed by atoms with E-state index >= 15 is 0 Å². The average molecular weight is 537 g/mol. The molecule has 11 heteroatoms. The van der Waals surface area contributed by atoms with Gasteiger partial charge in [0.15, 0.2) is 5.79 Å². The normalized spacial score (nSPS) is 17.7. The summed E-state index contributed by atoms with van der Waals surface area (Å²) in [6.45, 7) is 4.00. The van der Waals surface area contributed by atoms with E-state index in [1.165, 1.54) is 18.5 Å². The number of hydrogen-bond acceptors (Lipinski definition) is 7. The van der Waals surface area contributed by atoms with E-state index in [1.807, 2.05) is 22.6 Å². The minimum Gasteiger partial charge on any atom is -0.449 e. The summed E-state index contributed by atoms with van der Waals surface area (Å²) >= 11 is 2.01. The van der Waals surface area contributed by atoms with Crippen molar-refractivity contribution in [2.75, 3.05) is 18.5 Å². The number of hydroxylamine groups is 1. The molecule has 1 fully saturated rings. The van der Waals surface area contributed by atoms with Crippen LogP contribution in [0.1, 0.15) is 24.4 Å². The second kappa shape index (κ2) is 8.73. The van der Waals surface area contributed by atoms with Gasteiger partial charge in [0, 0.05) is 16.0 Å². The lowest BCUT2D eigenvalue weighted by atomic mass is 9.97. The van der Waals surface area contributed by atoms with Crippen molar-refractivity contribution in [1.82, 2.24) is 10.5 Å². The van der Waals surface area contributed by atoms with E-state index in [9.17, 15) is 9.18 Å². The van der Waals surface area contributed by atoms with Gasteiger partial charge in [-0.15, -0.1) is 0 Å². The zero-order chi connectivity index (χ0) is 22.2. The third-order valence-electron chi connectivity index (χ3n) is 4.52. The Morgan fingerprint density at radius 3 is 2.94 bits per heavy atom. The fourth-order valence-electron chi connectivity index (χ4n) is 3.13. The first-order valence-electron chi connectivity index (χ1n) is 9.35. The number of rotatable bonds is 6. The third-order valence-corrected chi connectivity index (χ3v) is 5.19. The number of nitrogens with zero attached hydrogens (tertiary/aromatic N) is 1. The van der Waals surface area contributed by atoms with Crippen molar-refractivity contribution in [2.45, 2.75) is 25.7 Å². The van der Waals surface area contributed by atoms with Crippen LogP contribution in [-0.4, -0.2) is 43.8 Å². The summed E-state index contributed by atoms with van der Waals surface area (Å²) in [7, 11) is 5.94. The van der Waals surface area contributed by atoms with Gasteiger partial charge in [-0.2, -0.15) is 0 Å². The van der Waals surface area contributed by atoms with Gasteiger partial charge in [0.2, 0.25) is 5.76 Å². The topological polar surface area (TPSA) is 94.9 Å². The van der Waals surface area contributed by atoms with Crippen LogP contribution in [0.4, 0.5) is 15.8 Å². The molecule has 1 atom stereocenters. The van der Waals surface area contributed by atoms with E-state index in [-0.39, 0.29) is 40.9 Å². The first kappa shape index (κ1) is 22.0. The standard InChI is InChI=1S/C20H18BFIN3O5/c1-20(2)28-8-11(31-20)9-29-26-19(27)18-16(12-6-24-7-13(21)17(12)30-18)25-15-4-3-10(23)5-14(15)22/h3-7,11,25H,8-9H2,1-2H3,(H,26,27)/t11-/m1/s1. The number of nitrogens with one attached hydrogen (secondary N) is 2. The van der Waals surface area contributed by atoms with E-state index in [0.29, 0.717) is 12.0 Å². The van der Waals surface area contributed by atoms with Crippen molar-refractivity contribution >= 4 is 64.2 Å². The maximum Gasteiger partial charge on any atom is 0.312 e. The predicted octanol–water partition coefficient (Wildman–Crippen LogP) is 2.92. The zero-order valence-electron chi connectivity index (χ0n) is 16.7. The van der Waals surface area contributed by atoms with Gasteiger partial charge in [-0.05, 0) is 60.1 Å². The van der Waals surface area contributed by atoms with Crippen LogP contribution in [-0.2, 0) is 14.3 Å². The van der Waals surface area contributed by atoms with Crippen molar-refractivity contribution in [2.24, 2.45) is 0 Å². The van der Waals surface area contributed by atoms with E-state index < -0.39 is 17.5 Å². The van der Waals surface area contributed by atoms with Gasteiger partial charge in [-0.3, -0.25) is 14.6 Å². The highest BCUT2D eigenvalue weighted by Gasteiger charge is 2.33. The van der Waals surface area contributed by atoms with Crippen LogP contribution in [0.2, 0.25) is 0 Å². The number of halogens is 2. The highest BCUT2D eigenvalue weighted by atomic mass is 127. The fraction of sp³-hybridized carbons (Fsp3) is 0.300. The SMILES string of the molecule is [B]c1cncc2c(Nc3ccc(I)cc3F)c(C(=O)NOC[C@H]3COC(C)(C)O3)oc12.